The molecule has 1 aromatic carbocycles. The number of sulfonamides is 1. The quantitative estimate of drug-likeness (QED) is 0.692. The Labute approximate surface area is 160 Å². The number of ether oxygens (including phenoxy) is 1. The molecule has 0 spiro atoms. The molecule has 1 aliphatic heterocycles. The molecule has 1 unspecified atom stereocenters. The van der Waals surface area contributed by atoms with Crippen molar-refractivity contribution in [1.29, 1.82) is 0 Å². The van der Waals surface area contributed by atoms with Gasteiger partial charge in [-0.2, -0.15) is 0 Å². The number of methoxy groups -OCH3 is 1. The Morgan fingerprint density at radius 3 is 2.88 bits per heavy atom. The Bertz CT molecular complexity index is 727. The Morgan fingerprint density at radius 1 is 1.42 bits per heavy atom. The summed E-state index contributed by atoms with van der Waals surface area (Å²) in [4.78, 5) is 14.4. The number of anilines is 1. The minimum absolute atomic E-state index is 0.109. The van der Waals surface area contributed by atoms with E-state index in [0.717, 1.165) is 25.9 Å². The Morgan fingerprint density at radius 2 is 2.19 bits per heavy atom. The fraction of sp³-hybridized carbons (Fsp3) is 0.588. The predicted octanol–water partition coefficient (Wildman–Crippen LogP) is 1.94. The maximum Gasteiger partial charge on any atom is 0.225 e. The number of hydrogen-bond donors (Lipinski definition) is 2. The molecule has 0 radical (unpaired) electrons. The number of rotatable bonds is 8. The lowest BCUT2D eigenvalue weighted by atomic mass is 9.98. The van der Waals surface area contributed by atoms with Gasteiger partial charge in [0.25, 0.3) is 0 Å². The van der Waals surface area contributed by atoms with Crippen molar-refractivity contribution < 1.29 is 17.9 Å². The van der Waals surface area contributed by atoms with Crippen molar-refractivity contribution in [3.05, 3.63) is 23.2 Å². The average molecular weight is 404 g/mol. The maximum atomic E-state index is 12.2. The summed E-state index contributed by atoms with van der Waals surface area (Å²) in [5, 5.41) is 3.36. The second-order valence-electron chi connectivity index (χ2n) is 6.57. The number of carbonyl (C=O) groups excluding carboxylic acids is 1. The van der Waals surface area contributed by atoms with Crippen LogP contribution in [0.3, 0.4) is 0 Å². The van der Waals surface area contributed by atoms with Crippen LogP contribution in [-0.2, 0) is 14.8 Å². The lowest BCUT2D eigenvalue weighted by Crippen LogP contribution is -2.41. The van der Waals surface area contributed by atoms with Gasteiger partial charge in [-0.15, -0.1) is 0 Å². The van der Waals surface area contributed by atoms with E-state index in [1.54, 1.807) is 18.2 Å². The van der Waals surface area contributed by atoms with Crippen LogP contribution in [0.25, 0.3) is 0 Å². The topological polar surface area (TPSA) is 87.7 Å². The van der Waals surface area contributed by atoms with Gasteiger partial charge in [0, 0.05) is 31.1 Å². The maximum absolute atomic E-state index is 12.2. The van der Waals surface area contributed by atoms with Gasteiger partial charge in [0.1, 0.15) is 5.75 Å². The number of piperidine rings is 1. The number of amides is 1. The van der Waals surface area contributed by atoms with E-state index in [-0.39, 0.29) is 11.8 Å². The third-order valence-electron chi connectivity index (χ3n) is 4.33. The standard InChI is InChI=1S/C17H26ClN3O4S/c1-25-16-6-5-14(18)10-15(16)20-17(22)7-9-21-8-3-4-13(12-21)11-19-26(2,23)24/h5-6,10,13,19H,3-4,7-9,11-12H2,1-2H3,(H,20,22). The minimum Gasteiger partial charge on any atom is -0.495 e. The molecule has 2 rings (SSSR count). The number of nitrogens with one attached hydrogen (secondary N) is 2. The monoisotopic (exact) mass is 403 g/mol. The van der Waals surface area contributed by atoms with E-state index < -0.39 is 10.0 Å². The SMILES string of the molecule is COc1ccc(Cl)cc1NC(=O)CCN1CCCC(CNS(C)(=O)=O)C1. The van der Waals surface area contributed by atoms with Gasteiger partial charge < -0.3 is 15.0 Å². The molecule has 1 fully saturated rings. The van der Waals surface area contributed by atoms with Crippen molar-refractivity contribution in [1.82, 2.24) is 9.62 Å². The zero-order chi connectivity index (χ0) is 19.2. The van der Waals surface area contributed by atoms with Gasteiger partial charge in [-0.3, -0.25) is 4.79 Å². The van der Waals surface area contributed by atoms with Gasteiger partial charge >= 0.3 is 0 Å². The van der Waals surface area contributed by atoms with E-state index >= 15 is 0 Å². The van der Waals surface area contributed by atoms with Gasteiger partial charge in [0.15, 0.2) is 0 Å². The Kier molecular flexibility index (Phi) is 7.69. The van der Waals surface area contributed by atoms with E-state index in [0.29, 0.717) is 36.0 Å². The second kappa shape index (κ2) is 9.55. The van der Waals surface area contributed by atoms with Crippen molar-refractivity contribution in [2.75, 3.05) is 44.9 Å². The first-order valence-corrected chi connectivity index (χ1v) is 10.8. The van der Waals surface area contributed by atoms with E-state index in [4.69, 9.17) is 16.3 Å². The van der Waals surface area contributed by atoms with Gasteiger partial charge in [-0.05, 0) is 43.5 Å². The number of benzene rings is 1. The van der Waals surface area contributed by atoms with Crippen LogP contribution in [0.15, 0.2) is 18.2 Å². The fourth-order valence-corrected chi connectivity index (χ4v) is 3.75. The number of nitrogens with zero attached hydrogens (tertiary/aromatic N) is 1. The predicted molar refractivity (Wildman–Crippen MR) is 103 cm³/mol. The molecule has 146 valence electrons. The first-order chi connectivity index (χ1) is 12.3. The van der Waals surface area contributed by atoms with E-state index in [1.807, 2.05) is 0 Å². The summed E-state index contributed by atoms with van der Waals surface area (Å²) in [6, 6.07) is 5.07. The third-order valence-corrected chi connectivity index (χ3v) is 5.25. The van der Waals surface area contributed by atoms with Crippen molar-refractivity contribution >= 4 is 33.2 Å². The highest BCUT2D eigenvalue weighted by atomic mass is 35.5. The van der Waals surface area contributed by atoms with Crippen molar-refractivity contribution in [3.63, 3.8) is 0 Å². The van der Waals surface area contributed by atoms with Gasteiger partial charge in [-0.25, -0.2) is 13.1 Å². The van der Waals surface area contributed by atoms with Crippen LogP contribution in [0.2, 0.25) is 5.02 Å². The van der Waals surface area contributed by atoms with E-state index in [9.17, 15) is 13.2 Å². The van der Waals surface area contributed by atoms with Crippen LogP contribution in [-0.4, -0.2) is 58.8 Å². The molecule has 26 heavy (non-hydrogen) atoms. The smallest absolute Gasteiger partial charge is 0.225 e. The van der Waals surface area contributed by atoms with E-state index in [1.165, 1.54) is 13.4 Å². The molecular formula is C17H26ClN3O4S. The third kappa shape index (κ3) is 7.11. The first-order valence-electron chi connectivity index (χ1n) is 8.57. The normalized spacial score (nSPS) is 18.5. The zero-order valence-corrected chi connectivity index (χ0v) is 16.7. The number of hydrogen-bond acceptors (Lipinski definition) is 5. The summed E-state index contributed by atoms with van der Waals surface area (Å²) in [5.41, 5.74) is 0.555. The molecule has 7 nitrogen and oxygen atoms in total. The summed E-state index contributed by atoms with van der Waals surface area (Å²) in [6.07, 6.45) is 3.51. The molecule has 1 aromatic rings. The van der Waals surface area contributed by atoms with Gasteiger partial charge in [-0.1, -0.05) is 11.6 Å². The van der Waals surface area contributed by atoms with Gasteiger partial charge in [0.2, 0.25) is 15.9 Å². The molecule has 1 amide bonds. The lowest BCUT2D eigenvalue weighted by molar-refractivity contribution is -0.116. The lowest BCUT2D eigenvalue weighted by Gasteiger charge is -2.32. The number of halogens is 1. The van der Waals surface area contributed by atoms with Crippen molar-refractivity contribution in [2.24, 2.45) is 5.92 Å². The van der Waals surface area contributed by atoms with Crippen molar-refractivity contribution in [2.45, 2.75) is 19.3 Å². The van der Waals surface area contributed by atoms with Crippen LogP contribution in [0, 0.1) is 5.92 Å². The van der Waals surface area contributed by atoms with Crippen LogP contribution in [0.5, 0.6) is 5.75 Å². The molecule has 0 bridgehead atoms. The molecule has 1 aliphatic rings. The fourth-order valence-electron chi connectivity index (χ4n) is 3.04. The van der Waals surface area contributed by atoms with Crippen LogP contribution in [0.1, 0.15) is 19.3 Å². The number of likely N-dealkylation sites (tertiary alicyclic amines) is 1. The van der Waals surface area contributed by atoms with E-state index in [2.05, 4.69) is 14.9 Å². The summed E-state index contributed by atoms with van der Waals surface area (Å²) in [5.74, 6) is 0.726. The molecule has 1 atom stereocenters. The molecule has 0 aliphatic carbocycles. The molecule has 2 N–H and O–H groups in total. The molecule has 0 saturated carbocycles. The summed E-state index contributed by atoms with van der Waals surface area (Å²) in [7, 11) is -1.63. The molecule has 9 heteroatoms. The van der Waals surface area contributed by atoms with Crippen molar-refractivity contribution in [3.8, 4) is 5.75 Å². The minimum atomic E-state index is -3.17. The zero-order valence-electron chi connectivity index (χ0n) is 15.1. The number of carbonyl (C=O) groups is 1. The first kappa shape index (κ1) is 21.0. The van der Waals surface area contributed by atoms with Crippen LogP contribution < -0.4 is 14.8 Å². The van der Waals surface area contributed by atoms with Crippen LogP contribution >= 0.6 is 11.6 Å². The molecule has 0 aromatic heterocycles. The summed E-state index contributed by atoms with van der Waals surface area (Å²) < 4.78 is 30.2. The van der Waals surface area contributed by atoms with Crippen LogP contribution in [0.4, 0.5) is 5.69 Å². The molecule has 1 saturated heterocycles. The average Bonchev–Trinajstić information content (AvgIpc) is 2.58. The highest BCUT2D eigenvalue weighted by Crippen LogP contribution is 2.27. The largest absolute Gasteiger partial charge is 0.495 e. The summed E-state index contributed by atoms with van der Waals surface area (Å²) >= 11 is 5.97. The van der Waals surface area contributed by atoms with Gasteiger partial charge in [0.05, 0.1) is 19.1 Å². The summed E-state index contributed by atoms with van der Waals surface area (Å²) in [6.45, 7) is 2.78. The molecular weight excluding hydrogens is 378 g/mol. The molecule has 1 heterocycles. The highest BCUT2D eigenvalue weighted by molar-refractivity contribution is 7.88. The second-order valence-corrected chi connectivity index (χ2v) is 8.84. The Balaban J connectivity index is 1.81. The Hall–Kier alpha value is -1.35. The highest BCUT2D eigenvalue weighted by Gasteiger charge is 2.21.